The smallest absolute Gasteiger partial charge is 0.157 e. The molecular formula is C12H12N5-. The maximum absolute atomic E-state index is 4.21. The van der Waals surface area contributed by atoms with Gasteiger partial charge < -0.3 is 5.32 Å². The SMILES string of the molecule is Cc1[nH]nc2c(NC[c-]3cccc3)ncnc12. The molecule has 0 saturated heterocycles. The van der Waals surface area contributed by atoms with E-state index in [4.69, 9.17) is 0 Å². The number of hydrogen-bond acceptors (Lipinski definition) is 4. The van der Waals surface area contributed by atoms with Crippen molar-refractivity contribution in [3.05, 3.63) is 41.9 Å². The first-order chi connectivity index (χ1) is 8.34. The van der Waals surface area contributed by atoms with Gasteiger partial charge >= 0.3 is 0 Å². The van der Waals surface area contributed by atoms with E-state index < -0.39 is 0 Å². The van der Waals surface area contributed by atoms with Crippen LogP contribution in [0, 0.1) is 6.92 Å². The summed E-state index contributed by atoms with van der Waals surface area (Å²) >= 11 is 0. The van der Waals surface area contributed by atoms with Crippen LogP contribution >= 0.6 is 0 Å². The van der Waals surface area contributed by atoms with E-state index in [1.54, 1.807) is 6.33 Å². The number of fused-ring (bicyclic) bond motifs is 1. The Labute approximate surface area is 98.3 Å². The summed E-state index contributed by atoms with van der Waals surface area (Å²) in [7, 11) is 0. The van der Waals surface area contributed by atoms with E-state index in [-0.39, 0.29) is 0 Å². The fraction of sp³-hybridized carbons (Fsp3) is 0.167. The Morgan fingerprint density at radius 1 is 1.24 bits per heavy atom. The van der Waals surface area contributed by atoms with Gasteiger partial charge in [0.15, 0.2) is 11.3 Å². The molecule has 2 aromatic heterocycles. The van der Waals surface area contributed by atoms with Gasteiger partial charge in [0.2, 0.25) is 0 Å². The quantitative estimate of drug-likeness (QED) is 0.670. The number of anilines is 1. The molecule has 0 radical (unpaired) electrons. The Morgan fingerprint density at radius 3 is 2.88 bits per heavy atom. The lowest BCUT2D eigenvalue weighted by atomic mass is 10.3. The molecular weight excluding hydrogens is 214 g/mol. The molecule has 0 fully saturated rings. The number of H-pyrrole nitrogens is 1. The minimum Gasteiger partial charge on any atom is -0.375 e. The lowest BCUT2D eigenvalue weighted by Gasteiger charge is -2.06. The van der Waals surface area contributed by atoms with Crippen molar-refractivity contribution in [3.63, 3.8) is 0 Å². The van der Waals surface area contributed by atoms with Crippen molar-refractivity contribution in [1.82, 2.24) is 20.2 Å². The molecule has 0 saturated carbocycles. The average molecular weight is 226 g/mol. The number of rotatable bonds is 3. The molecule has 5 heteroatoms. The normalized spacial score (nSPS) is 10.9. The van der Waals surface area contributed by atoms with E-state index in [9.17, 15) is 0 Å². The fourth-order valence-electron chi connectivity index (χ4n) is 1.80. The van der Waals surface area contributed by atoms with Crippen LogP contribution in [0.5, 0.6) is 0 Å². The maximum atomic E-state index is 4.21. The Balaban J connectivity index is 1.90. The van der Waals surface area contributed by atoms with Crippen LogP contribution in [0.15, 0.2) is 30.6 Å². The lowest BCUT2D eigenvalue weighted by Crippen LogP contribution is -2.01. The molecule has 1 aromatic carbocycles. The Kier molecular flexibility index (Phi) is 2.29. The molecule has 0 atom stereocenters. The van der Waals surface area contributed by atoms with Crippen molar-refractivity contribution < 1.29 is 0 Å². The average Bonchev–Trinajstić information content (AvgIpc) is 2.97. The van der Waals surface area contributed by atoms with E-state index in [0.29, 0.717) is 0 Å². The van der Waals surface area contributed by atoms with Gasteiger partial charge in [-0.1, -0.05) is 0 Å². The van der Waals surface area contributed by atoms with E-state index in [1.807, 2.05) is 19.1 Å². The van der Waals surface area contributed by atoms with Crippen molar-refractivity contribution in [3.8, 4) is 0 Å². The van der Waals surface area contributed by atoms with Crippen LogP contribution in [-0.2, 0) is 6.54 Å². The highest BCUT2D eigenvalue weighted by atomic mass is 15.2. The minimum atomic E-state index is 0.741. The zero-order valence-electron chi connectivity index (χ0n) is 9.44. The van der Waals surface area contributed by atoms with Gasteiger partial charge in [0.05, 0.1) is 5.69 Å². The van der Waals surface area contributed by atoms with E-state index in [2.05, 4.69) is 37.6 Å². The zero-order valence-corrected chi connectivity index (χ0v) is 9.44. The van der Waals surface area contributed by atoms with E-state index in [0.717, 1.165) is 29.1 Å². The summed E-state index contributed by atoms with van der Waals surface area (Å²) in [5.41, 5.74) is 3.84. The van der Waals surface area contributed by atoms with Gasteiger partial charge in [-0.3, -0.25) is 5.10 Å². The Hall–Kier alpha value is -2.30. The second-order valence-electron chi connectivity index (χ2n) is 3.91. The second kappa shape index (κ2) is 3.93. The van der Waals surface area contributed by atoms with Crippen LogP contribution in [0.4, 0.5) is 5.82 Å². The third kappa shape index (κ3) is 1.75. The topological polar surface area (TPSA) is 66.5 Å². The summed E-state index contributed by atoms with van der Waals surface area (Å²) in [6.45, 7) is 2.69. The van der Waals surface area contributed by atoms with Crippen LogP contribution in [0.3, 0.4) is 0 Å². The van der Waals surface area contributed by atoms with Crippen molar-refractivity contribution in [2.24, 2.45) is 0 Å². The highest BCUT2D eigenvalue weighted by Crippen LogP contribution is 2.19. The molecule has 0 spiro atoms. The predicted molar refractivity (Wildman–Crippen MR) is 65.8 cm³/mol. The van der Waals surface area contributed by atoms with Crippen LogP contribution in [-0.4, -0.2) is 20.2 Å². The first-order valence-corrected chi connectivity index (χ1v) is 5.45. The van der Waals surface area contributed by atoms with Gasteiger partial charge in [-0.2, -0.15) is 17.2 Å². The van der Waals surface area contributed by atoms with E-state index >= 15 is 0 Å². The molecule has 86 valence electrons. The molecule has 0 aliphatic heterocycles. The highest BCUT2D eigenvalue weighted by Gasteiger charge is 2.07. The molecule has 0 amide bonds. The van der Waals surface area contributed by atoms with Crippen molar-refractivity contribution in [1.29, 1.82) is 0 Å². The molecule has 2 heterocycles. The number of aromatic nitrogens is 4. The van der Waals surface area contributed by atoms with E-state index in [1.165, 1.54) is 5.56 Å². The number of nitrogens with zero attached hydrogens (tertiary/aromatic N) is 3. The summed E-state index contributed by atoms with van der Waals surface area (Å²) in [6, 6.07) is 8.18. The van der Waals surface area contributed by atoms with Gasteiger partial charge in [0.1, 0.15) is 11.8 Å². The van der Waals surface area contributed by atoms with Gasteiger partial charge in [-0.05, 0) is 13.5 Å². The molecule has 17 heavy (non-hydrogen) atoms. The van der Waals surface area contributed by atoms with Gasteiger partial charge in [-0.15, -0.1) is 5.56 Å². The summed E-state index contributed by atoms with van der Waals surface area (Å²) in [5.74, 6) is 0.764. The van der Waals surface area contributed by atoms with Gasteiger partial charge in [0, 0.05) is 0 Å². The van der Waals surface area contributed by atoms with Crippen molar-refractivity contribution in [2.45, 2.75) is 13.5 Å². The van der Waals surface area contributed by atoms with Crippen molar-refractivity contribution in [2.75, 3.05) is 5.32 Å². The molecule has 0 unspecified atom stereocenters. The lowest BCUT2D eigenvalue weighted by molar-refractivity contribution is 1.06. The number of nitrogens with one attached hydrogen (secondary N) is 2. The predicted octanol–water partition coefficient (Wildman–Crippen LogP) is 1.99. The summed E-state index contributed by atoms with van der Waals surface area (Å²) < 4.78 is 0. The number of aryl methyl sites for hydroxylation is 1. The monoisotopic (exact) mass is 226 g/mol. The first-order valence-electron chi connectivity index (χ1n) is 5.45. The molecule has 3 aromatic rings. The van der Waals surface area contributed by atoms with Gasteiger partial charge in [0.25, 0.3) is 0 Å². The van der Waals surface area contributed by atoms with Crippen molar-refractivity contribution >= 4 is 16.9 Å². The molecule has 2 N–H and O–H groups in total. The first kappa shape index (κ1) is 9.89. The zero-order chi connectivity index (χ0) is 11.7. The Morgan fingerprint density at radius 2 is 2.06 bits per heavy atom. The van der Waals surface area contributed by atoms with Crippen LogP contribution in [0.2, 0.25) is 0 Å². The molecule has 3 rings (SSSR count). The number of aromatic amines is 1. The standard InChI is InChI=1S/C12H12N5/c1-8-10-11(17-16-8)12(15-7-14-10)13-6-9-4-2-3-5-9/h2-5,7H,6H2,1H3,(H,16,17)(H,13,14,15)/q-1. The third-order valence-corrected chi connectivity index (χ3v) is 2.70. The summed E-state index contributed by atoms with van der Waals surface area (Å²) in [6.07, 6.45) is 1.55. The second-order valence-corrected chi connectivity index (χ2v) is 3.91. The molecule has 0 bridgehead atoms. The summed E-state index contributed by atoms with van der Waals surface area (Å²) in [4.78, 5) is 8.42. The Bertz CT molecular complexity index is 623. The van der Waals surface area contributed by atoms with Crippen LogP contribution < -0.4 is 5.32 Å². The largest absolute Gasteiger partial charge is 0.375 e. The van der Waals surface area contributed by atoms with Crippen LogP contribution in [0.25, 0.3) is 11.0 Å². The third-order valence-electron chi connectivity index (χ3n) is 2.70. The minimum absolute atomic E-state index is 0.741. The number of hydrogen-bond donors (Lipinski definition) is 2. The molecule has 5 nitrogen and oxygen atoms in total. The van der Waals surface area contributed by atoms with Crippen LogP contribution in [0.1, 0.15) is 11.3 Å². The molecule has 0 aliphatic carbocycles. The molecule has 0 aliphatic rings. The maximum Gasteiger partial charge on any atom is 0.157 e. The fourth-order valence-corrected chi connectivity index (χ4v) is 1.80. The highest BCUT2D eigenvalue weighted by molar-refractivity contribution is 5.86. The van der Waals surface area contributed by atoms with Gasteiger partial charge in [-0.25, -0.2) is 22.1 Å². The summed E-state index contributed by atoms with van der Waals surface area (Å²) in [5, 5.41) is 10.4.